The Balaban J connectivity index is 2.46. The summed E-state index contributed by atoms with van der Waals surface area (Å²) in [4.78, 5) is 0.755. The van der Waals surface area contributed by atoms with Gasteiger partial charge >= 0.3 is 6.18 Å². The zero-order chi connectivity index (χ0) is 15.1. The van der Waals surface area contributed by atoms with Gasteiger partial charge in [-0.15, -0.1) is 22.9 Å². The molecular formula is C12H5Br3ClF3S. The third-order valence-corrected chi connectivity index (χ3v) is 7.15. The lowest BCUT2D eigenvalue weighted by molar-refractivity contribution is -0.137. The summed E-state index contributed by atoms with van der Waals surface area (Å²) in [6.07, 6.45) is -4.39. The first-order chi connectivity index (χ1) is 9.20. The maximum atomic E-state index is 12.8. The van der Waals surface area contributed by atoms with Gasteiger partial charge in [0.15, 0.2) is 0 Å². The monoisotopic (exact) mass is 510 g/mol. The van der Waals surface area contributed by atoms with Gasteiger partial charge in [-0.1, -0.05) is 15.9 Å². The van der Waals surface area contributed by atoms with Crippen LogP contribution >= 0.6 is 70.7 Å². The van der Waals surface area contributed by atoms with Crippen molar-refractivity contribution in [3.63, 3.8) is 0 Å². The van der Waals surface area contributed by atoms with Crippen LogP contribution in [0.25, 0.3) is 0 Å². The summed E-state index contributed by atoms with van der Waals surface area (Å²) in [6, 6.07) is 5.26. The lowest BCUT2D eigenvalue weighted by Gasteiger charge is -2.14. The summed E-state index contributed by atoms with van der Waals surface area (Å²) >= 11 is 17.6. The van der Waals surface area contributed by atoms with Crippen LogP contribution in [0.3, 0.4) is 0 Å². The molecule has 1 aromatic heterocycles. The first-order valence-corrected chi connectivity index (χ1v) is 8.79. The molecule has 0 bridgehead atoms. The van der Waals surface area contributed by atoms with Crippen molar-refractivity contribution in [3.05, 3.63) is 53.0 Å². The van der Waals surface area contributed by atoms with E-state index in [1.165, 1.54) is 17.4 Å². The van der Waals surface area contributed by atoms with Crippen LogP contribution in [-0.2, 0) is 6.18 Å². The molecule has 1 atom stereocenters. The number of thiophene rings is 1. The van der Waals surface area contributed by atoms with Crippen LogP contribution in [0.4, 0.5) is 13.2 Å². The molecule has 0 spiro atoms. The van der Waals surface area contributed by atoms with Crippen molar-refractivity contribution in [1.29, 1.82) is 0 Å². The van der Waals surface area contributed by atoms with E-state index in [1.54, 1.807) is 6.07 Å². The summed E-state index contributed by atoms with van der Waals surface area (Å²) in [5, 5.41) is -0.653. The van der Waals surface area contributed by atoms with Crippen molar-refractivity contribution >= 4 is 70.7 Å². The van der Waals surface area contributed by atoms with Gasteiger partial charge in [0.25, 0.3) is 0 Å². The highest BCUT2D eigenvalue weighted by Gasteiger charge is 2.32. The zero-order valence-corrected chi connectivity index (χ0v) is 15.8. The van der Waals surface area contributed by atoms with Gasteiger partial charge in [-0.25, -0.2) is 0 Å². The van der Waals surface area contributed by atoms with Crippen LogP contribution in [0.5, 0.6) is 0 Å². The van der Waals surface area contributed by atoms with Gasteiger partial charge in [0.05, 0.1) is 14.7 Å². The highest BCUT2D eigenvalue weighted by molar-refractivity contribution is 9.13. The predicted molar refractivity (Wildman–Crippen MR) is 86.6 cm³/mol. The molecule has 0 aliphatic heterocycles. The number of halogens is 7. The van der Waals surface area contributed by atoms with Crippen molar-refractivity contribution in [2.45, 2.75) is 11.6 Å². The molecule has 0 saturated carbocycles. The Hall–Kier alpha value is 0.440. The Morgan fingerprint density at radius 1 is 1.05 bits per heavy atom. The normalized spacial score (nSPS) is 13.6. The second-order valence-electron chi connectivity index (χ2n) is 3.87. The van der Waals surface area contributed by atoms with Crippen LogP contribution in [0.2, 0.25) is 0 Å². The molecule has 108 valence electrons. The van der Waals surface area contributed by atoms with E-state index in [2.05, 4.69) is 47.8 Å². The summed E-state index contributed by atoms with van der Waals surface area (Å²) in [6.45, 7) is 0. The molecule has 1 heterocycles. The molecule has 1 aromatic carbocycles. The molecule has 8 heteroatoms. The summed E-state index contributed by atoms with van der Waals surface area (Å²) < 4.78 is 40.5. The third kappa shape index (κ3) is 3.61. The summed E-state index contributed by atoms with van der Waals surface area (Å²) in [5.41, 5.74) is -0.321. The Bertz CT molecular complexity index is 620. The van der Waals surface area contributed by atoms with Crippen LogP contribution in [-0.4, -0.2) is 0 Å². The Morgan fingerprint density at radius 2 is 1.70 bits per heavy atom. The molecule has 0 saturated heterocycles. The van der Waals surface area contributed by atoms with Crippen LogP contribution in [0.15, 0.2) is 37.0 Å². The number of alkyl halides is 4. The maximum Gasteiger partial charge on any atom is 0.416 e. The van der Waals surface area contributed by atoms with Gasteiger partial charge in [0.1, 0.15) is 0 Å². The van der Waals surface area contributed by atoms with Gasteiger partial charge in [0, 0.05) is 13.8 Å². The minimum absolute atomic E-state index is 0.391. The SMILES string of the molecule is FC(F)(F)c1ccc(Br)c(C(Cl)c2cc(Br)c(Br)s2)c1. The lowest BCUT2D eigenvalue weighted by Crippen LogP contribution is -2.06. The van der Waals surface area contributed by atoms with E-state index in [4.69, 9.17) is 11.6 Å². The average molecular weight is 513 g/mol. The van der Waals surface area contributed by atoms with Gasteiger partial charge in [0.2, 0.25) is 0 Å². The first kappa shape index (κ1) is 16.8. The van der Waals surface area contributed by atoms with Crippen molar-refractivity contribution < 1.29 is 13.2 Å². The van der Waals surface area contributed by atoms with E-state index in [9.17, 15) is 13.2 Å². The van der Waals surface area contributed by atoms with Gasteiger partial charge < -0.3 is 0 Å². The highest BCUT2D eigenvalue weighted by Crippen LogP contribution is 2.43. The maximum absolute atomic E-state index is 12.8. The quantitative estimate of drug-likeness (QED) is 0.368. The molecule has 1 unspecified atom stereocenters. The number of hydrogen-bond donors (Lipinski definition) is 0. The Morgan fingerprint density at radius 3 is 2.20 bits per heavy atom. The fourth-order valence-corrected chi connectivity index (χ4v) is 4.63. The number of hydrogen-bond acceptors (Lipinski definition) is 1. The Labute approximate surface area is 147 Å². The van der Waals surface area contributed by atoms with Gasteiger partial charge in [-0.05, 0) is 61.7 Å². The van der Waals surface area contributed by atoms with E-state index in [0.717, 1.165) is 25.3 Å². The lowest BCUT2D eigenvalue weighted by atomic mass is 10.1. The van der Waals surface area contributed by atoms with E-state index in [1.807, 2.05) is 0 Å². The summed E-state index contributed by atoms with van der Waals surface area (Å²) in [7, 11) is 0. The molecule has 2 aromatic rings. The molecule has 0 N–H and O–H groups in total. The minimum Gasteiger partial charge on any atom is -0.166 e. The Kier molecular flexibility index (Phi) is 5.28. The molecule has 0 radical (unpaired) electrons. The van der Waals surface area contributed by atoms with E-state index in [0.29, 0.717) is 10.0 Å². The van der Waals surface area contributed by atoms with E-state index < -0.39 is 17.1 Å². The molecule has 0 aliphatic carbocycles. The molecular weight excluding hydrogens is 508 g/mol. The van der Waals surface area contributed by atoms with Crippen molar-refractivity contribution in [3.8, 4) is 0 Å². The number of benzene rings is 1. The molecule has 0 aliphatic rings. The van der Waals surface area contributed by atoms with Gasteiger partial charge in [-0.3, -0.25) is 0 Å². The standard InChI is InChI=1S/C12H5Br3ClF3S/c13-7-2-1-5(12(17,18)19)3-6(7)10(16)9-4-8(14)11(15)20-9/h1-4,10H. The fraction of sp³-hybridized carbons (Fsp3) is 0.167. The number of rotatable bonds is 2. The summed E-state index contributed by atoms with van der Waals surface area (Å²) in [5.74, 6) is 0. The van der Waals surface area contributed by atoms with Crippen molar-refractivity contribution in [2.24, 2.45) is 0 Å². The second kappa shape index (κ2) is 6.28. The van der Waals surface area contributed by atoms with E-state index in [-0.39, 0.29) is 0 Å². The van der Waals surface area contributed by atoms with Gasteiger partial charge in [-0.2, -0.15) is 13.2 Å². The largest absolute Gasteiger partial charge is 0.416 e. The molecule has 20 heavy (non-hydrogen) atoms. The molecule has 0 amide bonds. The van der Waals surface area contributed by atoms with Crippen LogP contribution in [0.1, 0.15) is 21.4 Å². The average Bonchev–Trinajstić information content (AvgIpc) is 2.68. The topological polar surface area (TPSA) is 0 Å². The zero-order valence-electron chi connectivity index (χ0n) is 9.44. The molecule has 0 nitrogen and oxygen atoms in total. The fourth-order valence-electron chi connectivity index (χ4n) is 1.56. The smallest absolute Gasteiger partial charge is 0.166 e. The molecule has 0 fully saturated rings. The van der Waals surface area contributed by atoms with Crippen molar-refractivity contribution in [1.82, 2.24) is 0 Å². The predicted octanol–water partition coefficient (Wildman–Crippen LogP) is 7.38. The minimum atomic E-state index is -4.39. The van der Waals surface area contributed by atoms with Crippen LogP contribution < -0.4 is 0 Å². The van der Waals surface area contributed by atoms with Crippen molar-refractivity contribution in [2.75, 3.05) is 0 Å². The highest BCUT2D eigenvalue weighted by atomic mass is 79.9. The van der Waals surface area contributed by atoms with Crippen LogP contribution in [0, 0.1) is 0 Å². The first-order valence-electron chi connectivity index (χ1n) is 5.15. The second-order valence-corrected chi connectivity index (χ2v) is 8.41. The third-order valence-electron chi connectivity index (χ3n) is 2.51. The van der Waals surface area contributed by atoms with E-state index >= 15 is 0 Å². The molecule has 2 rings (SSSR count).